The highest BCUT2D eigenvalue weighted by molar-refractivity contribution is 6.39. The molecule has 1 heterocycles. The summed E-state index contributed by atoms with van der Waals surface area (Å²) in [6, 6.07) is 10.4. The van der Waals surface area contributed by atoms with Crippen molar-refractivity contribution in [2.24, 2.45) is 0 Å². The molecule has 7 nitrogen and oxygen atoms in total. The molecule has 28 heavy (non-hydrogen) atoms. The number of anilines is 1. The Labute approximate surface area is 165 Å². The van der Waals surface area contributed by atoms with Crippen molar-refractivity contribution in [2.75, 3.05) is 18.1 Å². The molecule has 3 amide bonds. The van der Waals surface area contributed by atoms with Gasteiger partial charge in [0.15, 0.2) is 6.61 Å². The molecule has 0 saturated carbocycles. The van der Waals surface area contributed by atoms with E-state index in [1.807, 2.05) is 0 Å². The molecule has 8 heteroatoms. The van der Waals surface area contributed by atoms with Crippen molar-refractivity contribution in [3.63, 3.8) is 0 Å². The Morgan fingerprint density at radius 1 is 1.11 bits per heavy atom. The van der Waals surface area contributed by atoms with E-state index < -0.39 is 30.3 Å². The van der Waals surface area contributed by atoms with Gasteiger partial charge in [-0.1, -0.05) is 29.7 Å². The fourth-order valence-electron chi connectivity index (χ4n) is 2.63. The van der Waals surface area contributed by atoms with Gasteiger partial charge in [0.05, 0.1) is 33.9 Å². The number of imide groups is 1. The van der Waals surface area contributed by atoms with Crippen LogP contribution < -0.4 is 10.2 Å². The zero-order valence-corrected chi connectivity index (χ0v) is 15.2. The van der Waals surface area contributed by atoms with Gasteiger partial charge in [0.1, 0.15) is 0 Å². The minimum atomic E-state index is -0.810. The topological polar surface area (TPSA) is 92.8 Å². The van der Waals surface area contributed by atoms with E-state index in [0.717, 1.165) is 4.90 Å². The van der Waals surface area contributed by atoms with Crippen molar-refractivity contribution in [2.45, 2.75) is 0 Å². The first-order valence-corrected chi connectivity index (χ1v) is 8.46. The number of carbonyl (C=O) groups is 4. The Morgan fingerprint density at radius 3 is 2.54 bits per heavy atom. The maximum atomic E-state index is 12.7. The van der Waals surface area contributed by atoms with E-state index >= 15 is 0 Å². The molecule has 0 aliphatic carbocycles. The number of nitrogens with one attached hydrogen (secondary N) is 1. The molecule has 1 aliphatic heterocycles. The van der Waals surface area contributed by atoms with Crippen LogP contribution in [0.15, 0.2) is 42.5 Å². The number of para-hydroxylation sites is 1. The Kier molecular flexibility index (Phi) is 5.43. The quantitative estimate of drug-likeness (QED) is 0.474. The van der Waals surface area contributed by atoms with Crippen LogP contribution in [0.3, 0.4) is 0 Å². The van der Waals surface area contributed by atoms with Crippen LogP contribution in [-0.4, -0.2) is 36.8 Å². The van der Waals surface area contributed by atoms with Gasteiger partial charge < -0.3 is 10.1 Å². The first-order chi connectivity index (χ1) is 13.4. The van der Waals surface area contributed by atoms with Gasteiger partial charge in [0.25, 0.3) is 17.7 Å². The summed E-state index contributed by atoms with van der Waals surface area (Å²) in [6.45, 7) is -0.500. The van der Waals surface area contributed by atoms with Crippen LogP contribution in [0.2, 0.25) is 5.02 Å². The van der Waals surface area contributed by atoms with Gasteiger partial charge in [0, 0.05) is 0 Å². The Hall–Kier alpha value is -3.63. The summed E-state index contributed by atoms with van der Waals surface area (Å²) in [5, 5.41) is 2.60. The summed E-state index contributed by atoms with van der Waals surface area (Å²) < 4.78 is 4.89. The number of carbonyl (C=O) groups excluding carboxylic acids is 4. The number of ether oxygens (including phenoxy) is 1. The molecule has 3 rings (SSSR count). The second kappa shape index (κ2) is 7.94. The standard InChI is InChI=1S/C20H13ClN2O5/c1-2-9-22-17(24)11-28-20(27)12-7-8-13-14(10-12)19(26)23(18(13)25)16-6-4-3-5-15(16)21/h1,3-8,10H,9,11H2,(H,22,24). The predicted molar refractivity (Wildman–Crippen MR) is 101 cm³/mol. The first kappa shape index (κ1) is 19.1. The molecule has 1 aliphatic rings. The second-order valence-electron chi connectivity index (χ2n) is 5.71. The van der Waals surface area contributed by atoms with Crippen molar-refractivity contribution < 1.29 is 23.9 Å². The zero-order chi connectivity index (χ0) is 20.3. The molecule has 2 aromatic rings. The van der Waals surface area contributed by atoms with Gasteiger partial charge in [-0.05, 0) is 30.3 Å². The lowest BCUT2D eigenvalue weighted by atomic mass is 10.1. The summed E-state index contributed by atoms with van der Waals surface area (Å²) in [5.41, 5.74) is 0.486. The summed E-state index contributed by atoms with van der Waals surface area (Å²) in [6.07, 6.45) is 5.02. The number of hydrogen-bond acceptors (Lipinski definition) is 5. The third kappa shape index (κ3) is 3.59. The highest BCUT2D eigenvalue weighted by atomic mass is 35.5. The normalized spacial score (nSPS) is 12.4. The van der Waals surface area contributed by atoms with Crippen LogP contribution in [0.1, 0.15) is 31.1 Å². The van der Waals surface area contributed by atoms with Gasteiger partial charge in [-0.25, -0.2) is 9.69 Å². The van der Waals surface area contributed by atoms with Crippen LogP contribution in [-0.2, 0) is 9.53 Å². The van der Waals surface area contributed by atoms with Gasteiger partial charge in [-0.15, -0.1) is 6.42 Å². The smallest absolute Gasteiger partial charge is 0.338 e. The van der Waals surface area contributed by atoms with Crippen molar-refractivity contribution in [1.82, 2.24) is 5.32 Å². The molecule has 2 aromatic carbocycles. The number of terminal acetylenes is 1. The molecule has 0 saturated heterocycles. The predicted octanol–water partition coefficient (Wildman–Crippen LogP) is 2.05. The van der Waals surface area contributed by atoms with E-state index in [-0.39, 0.29) is 33.9 Å². The number of fused-ring (bicyclic) bond motifs is 1. The number of halogens is 1. The summed E-state index contributed by atoms with van der Waals surface area (Å²) >= 11 is 6.10. The van der Waals surface area contributed by atoms with E-state index in [0.29, 0.717) is 0 Å². The Bertz CT molecular complexity index is 1040. The Balaban J connectivity index is 1.80. The van der Waals surface area contributed by atoms with Gasteiger partial charge in [-0.2, -0.15) is 0 Å². The Morgan fingerprint density at radius 2 is 1.82 bits per heavy atom. The number of benzene rings is 2. The lowest BCUT2D eigenvalue weighted by Gasteiger charge is -2.15. The molecule has 0 fully saturated rings. The molecular formula is C20H13ClN2O5. The van der Waals surface area contributed by atoms with Crippen LogP contribution >= 0.6 is 11.6 Å². The minimum absolute atomic E-state index is 0.0176. The van der Waals surface area contributed by atoms with Gasteiger partial charge >= 0.3 is 5.97 Å². The molecule has 0 radical (unpaired) electrons. The molecular weight excluding hydrogens is 384 g/mol. The third-order valence-electron chi connectivity index (χ3n) is 3.94. The van der Waals surface area contributed by atoms with Gasteiger partial charge in [-0.3, -0.25) is 14.4 Å². The maximum Gasteiger partial charge on any atom is 0.338 e. The fraction of sp³-hybridized carbons (Fsp3) is 0.100. The van der Waals surface area contributed by atoms with E-state index in [9.17, 15) is 19.2 Å². The average Bonchev–Trinajstić information content (AvgIpc) is 2.95. The van der Waals surface area contributed by atoms with Crippen molar-refractivity contribution in [3.8, 4) is 12.3 Å². The van der Waals surface area contributed by atoms with Crippen LogP contribution in [0.4, 0.5) is 5.69 Å². The van der Waals surface area contributed by atoms with Crippen molar-refractivity contribution >= 4 is 41.0 Å². The molecule has 0 aromatic heterocycles. The van der Waals surface area contributed by atoms with Crippen LogP contribution in [0, 0.1) is 12.3 Å². The second-order valence-corrected chi connectivity index (χ2v) is 6.12. The van der Waals surface area contributed by atoms with Crippen LogP contribution in [0.5, 0.6) is 0 Å². The highest BCUT2D eigenvalue weighted by Gasteiger charge is 2.38. The van der Waals surface area contributed by atoms with Gasteiger partial charge in [0.2, 0.25) is 0 Å². The maximum absolute atomic E-state index is 12.7. The minimum Gasteiger partial charge on any atom is -0.452 e. The summed E-state index contributed by atoms with van der Waals surface area (Å²) in [5.74, 6) is -0.284. The largest absolute Gasteiger partial charge is 0.452 e. The summed E-state index contributed by atoms with van der Waals surface area (Å²) in [7, 11) is 0. The molecule has 0 unspecified atom stereocenters. The monoisotopic (exact) mass is 396 g/mol. The number of hydrogen-bond donors (Lipinski definition) is 1. The van der Waals surface area contributed by atoms with E-state index in [2.05, 4.69) is 11.2 Å². The van der Waals surface area contributed by atoms with E-state index in [4.69, 9.17) is 22.8 Å². The molecule has 0 spiro atoms. The summed E-state index contributed by atoms with van der Waals surface area (Å²) in [4.78, 5) is 49.9. The zero-order valence-electron chi connectivity index (χ0n) is 14.4. The molecule has 0 atom stereocenters. The third-order valence-corrected chi connectivity index (χ3v) is 4.26. The SMILES string of the molecule is C#CCNC(=O)COC(=O)c1ccc2c(c1)C(=O)N(c1ccccc1Cl)C2=O. The fourth-order valence-corrected chi connectivity index (χ4v) is 2.85. The first-order valence-electron chi connectivity index (χ1n) is 8.08. The average molecular weight is 397 g/mol. The lowest BCUT2D eigenvalue weighted by molar-refractivity contribution is -0.123. The number of nitrogens with zero attached hydrogens (tertiary/aromatic N) is 1. The number of esters is 1. The lowest BCUT2D eigenvalue weighted by Crippen LogP contribution is -2.29. The highest BCUT2D eigenvalue weighted by Crippen LogP contribution is 2.33. The van der Waals surface area contributed by atoms with Crippen LogP contribution in [0.25, 0.3) is 0 Å². The molecule has 140 valence electrons. The van der Waals surface area contributed by atoms with E-state index in [1.165, 1.54) is 18.2 Å². The number of amides is 3. The molecule has 1 N–H and O–H groups in total. The molecule has 0 bridgehead atoms. The van der Waals surface area contributed by atoms with Crippen molar-refractivity contribution in [3.05, 3.63) is 64.2 Å². The van der Waals surface area contributed by atoms with E-state index in [1.54, 1.807) is 24.3 Å². The number of rotatable bonds is 5. The van der Waals surface area contributed by atoms with Crippen molar-refractivity contribution in [1.29, 1.82) is 0 Å².